The Bertz CT molecular complexity index is 427. The molecule has 1 aromatic heterocycles. The van der Waals surface area contributed by atoms with Crippen molar-refractivity contribution in [1.29, 1.82) is 0 Å². The predicted octanol–water partition coefficient (Wildman–Crippen LogP) is 5.49. The molecule has 1 aliphatic carbocycles. The van der Waals surface area contributed by atoms with Crippen LogP contribution in [0.25, 0.3) is 0 Å². The molecule has 1 aromatic rings. The molecular weight excluding hydrogens is 274 g/mol. The molecule has 0 unspecified atom stereocenters. The molecule has 1 fully saturated rings. The lowest BCUT2D eigenvalue weighted by atomic mass is 9.78. The van der Waals surface area contributed by atoms with Gasteiger partial charge in [-0.15, -0.1) is 11.3 Å². The summed E-state index contributed by atoms with van der Waals surface area (Å²) in [5.74, 6) is 0.765. The van der Waals surface area contributed by atoms with Crippen LogP contribution in [0.5, 0.6) is 0 Å². The molecule has 1 saturated carbocycles. The molecule has 0 atom stereocenters. The van der Waals surface area contributed by atoms with Crippen molar-refractivity contribution >= 4 is 11.3 Å². The first-order chi connectivity index (χ1) is 10.0. The van der Waals surface area contributed by atoms with Gasteiger partial charge in [0.05, 0.1) is 0 Å². The second-order valence-corrected chi connectivity index (χ2v) is 8.86. The fourth-order valence-electron chi connectivity index (χ4n) is 3.81. The minimum absolute atomic E-state index is 0.633. The molecule has 2 rings (SSSR count). The first-order valence-electron chi connectivity index (χ1n) is 8.77. The third kappa shape index (κ3) is 5.10. The van der Waals surface area contributed by atoms with Crippen LogP contribution >= 0.6 is 11.3 Å². The molecule has 1 aliphatic rings. The van der Waals surface area contributed by atoms with Crippen LogP contribution in [0.2, 0.25) is 0 Å². The quantitative estimate of drug-likeness (QED) is 0.626. The number of hydrogen-bond donors (Lipinski definition) is 1. The minimum Gasteiger partial charge on any atom is -0.316 e. The second kappa shape index (κ2) is 7.78. The first-order valence-corrected chi connectivity index (χ1v) is 9.59. The van der Waals surface area contributed by atoms with Gasteiger partial charge in [-0.3, -0.25) is 0 Å². The van der Waals surface area contributed by atoms with E-state index in [1.807, 2.05) is 11.3 Å². The number of aryl methyl sites for hydroxylation is 3. The lowest BCUT2D eigenvalue weighted by molar-refractivity contribution is 0.244. The average molecular weight is 308 g/mol. The third-order valence-corrected chi connectivity index (χ3v) is 6.29. The highest BCUT2D eigenvalue weighted by atomic mass is 32.1. The van der Waals surface area contributed by atoms with Crippen LogP contribution in [0.1, 0.15) is 67.7 Å². The van der Waals surface area contributed by atoms with E-state index in [1.54, 1.807) is 4.88 Å². The standard InChI is InChI=1S/C19H33NS/c1-15(2)14-20-12-11-19(8-5-6-9-19)10-7-18-16(3)13-17(4)21-18/h13,15,20H,5-12,14H2,1-4H3. The maximum Gasteiger partial charge on any atom is 0.00774 e. The second-order valence-electron chi connectivity index (χ2n) is 7.52. The van der Waals surface area contributed by atoms with E-state index in [0.717, 1.165) is 5.92 Å². The monoisotopic (exact) mass is 307 g/mol. The lowest BCUT2D eigenvalue weighted by Gasteiger charge is -2.29. The molecule has 0 radical (unpaired) electrons. The normalized spacial score (nSPS) is 17.8. The molecule has 21 heavy (non-hydrogen) atoms. The number of thiophene rings is 1. The summed E-state index contributed by atoms with van der Waals surface area (Å²) >= 11 is 2.01. The molecule has 0 amide bonds. The van der Waals surface area contributed by atoms with E-state index in [-0.39, 0.29) is 0 Å². The van der Waals surface area contributed by atoms with Gasteiger partial charge < -0.3 is 5.32 Å². The smallest absolute Gasteiger partial charge is 0.00774 e. The van der Waals surface area contributed by atoms with Crippen LogP contribution in [0.15, 0.2) is 6.07 Å². The Hall–Kier alpha value is -0.340. The fourth-order valence-corrected chi connectivity index (χ4v) is 4.86. The number of nitrogens with one attached hydrogen (secondary N) is 1. The van der Waals surface area contributed by atoms with Gasteiger partial charge >= 0.3 is 0 Å². The summed E-state index contributed by atoms with van der Waals surface area (Å²) in [5, 5.41) is 3.65. The maximum absolute atomic E-state index is 3.65. The Labute approximate surface area is 135 Å². The molecular formula is C19H33NS. The van der Waals surface area contributed by atoms with E-state index in [4.69, 9.17) is 0 Å². The molecule has 2 heteroatoms. The molecule has 0 bridgehead atoms. The maximum atomic E-state index is 3.65. The molecule has 0 aliphatic heterocycles. The summed E-state index contributed by atoms with van der Waals surface area (Å²) in [6, 6.07) is 2.35. The zero-order valence-electron chi connectivity index (χ0n) is 14.4. The zero-order valence-corrected chi connectivity index (χ0v) is 15.2. The Morgan fingerprint density at radius 1 is 1.19 bits per heavy atom. The topological polar surface area (TPSA) is 12.0 Å². The van der Waals surface area contributed by atoms with E-state index < -0.39 is 0 Å². The van der Waals surface area contributed by atoms with Gasteiger partial charge in [0.25, 0.3) is 0 Å². The summed E-state index contributed by atoms with van der Waals surface area (Å²) in [6.07, 6.45) is 9.90. The zero-order chi connectivity index (χ0) is 15.3. The summed E-state index contributed by atoms with van der Waals surface area (Å²) < 4.78 is 0. The fraction of sp³-hybridized carbons (Fsp3) is 0.789. The summed E-state index contributed by atoms with van der Waals surface area (Å²) in [5.41, 5.74) is 2.15. The molecule has 0 saturated heterocycles. The van der Waals surface area contributed by atoms with Crippen molar-refractivity contribution in [2.45, 2.75) is 72.6 Å². The van der Waals surface area contributed by atoms with Gasteiger partial charge in [-0.2, -0.15) is 0 Å². The van der Waals surface area contributed by atoms with Crippen LogP contribution in [0.4, 0.5) is 0 Å². The lowest BCUT2D eigenvalue weighted by Crippen LogP contribution is -2.27. The minimum atomic E-state index is 0.633. The van der Waals surface area contributed by atoms with Crippen molar-refractivity contribution < 1.29 is 0 Å². The summed E-state index contributed by atoms with van der Waals surface area (Å²) in [4.78, 5) is 3.11. The Kier molecular flexibility index (Phi) is 6.31. The molecule has 1 N–H and O–H groups in total. The van der Waals surface area contributed by atoms with Crippen molar-refractivity contribution in [2.24, 2.45) is 11.3 Å². The third-order valence-electron chi connectivity index (χ3n) is 5.08. The van der Waals surface area contributed by atoms with E-state index in [1.165, 1.54) is 68.5 Å². The highest BCUT2D eigenvalue weighted by molar-refractivity contribution is 7.12. The van der Waals surface area contributed by atoms with Crippen LogP contribution in [-0.4, -0.2) is 13.1 Å². The van der Waals surface area contributed by atoms with Gasteiger partial charge in [-0.05, 0) is 82.0 Å². The van der Waals surface area contributed by atoms with E-state index >= 15 is 0 Å². The molecule has 120 valence electrons. The van der Waals surface area contributed by atoms with Gasteiger partial charge in [-0.1, -0.05) is 26.7 Å². The van der Waals surface area contributed by atoms with Crippen LogP contribution in [0, 0.1) is 25.2 Å². The molecule has 0 aromatic carbocycles. The Morgan fingerprint density at radius 3 is 2.48 bits per heavy atom. The number of rotatable bonds is 8. The Balaban J connectivity index is 1.84. The van der Waals surface area contributed by atoms with E-state index in [2.05, 4.69) is 39.1 Å². The predicted molar refractivity (Wildman–Crippen MR) is 95.3 cm³/mol. The molecule has 1 nitrogen and oxygen atoms in total. The summed E-state index contributed by atoms with van der Waals surface area (Å²) in [7, 11) is 0. The summed E-state index contributed by atoms with van der Waals surface area (Å²) in [6.45, 7) is 11.5. The van der Waals surface area contributed by atoms with Gasteiger partial charge in [-0.25, -0.2) is 0 Å². The van der Waals surface area contributed by atoms with Crippen LogP contribution in [-0.2, 0) is 6.42 Å². The van der Waals surface area contributed by atoms with Gasteiger partial charge in [0, 0.05) is 9.75 Å². The number of hydrogen-bond acceptors (Lipinski definition) is 2. The largest absolute Gasteiger partial charge is 0.316 e. The molecule has 1 heterocycles. The highest BCUT2D eigenvalue weighted by Gasteiger charge is 2.33. The van der Waals surface area contributed by atoms with Gasteiger partial charge in [0.2, 0.25) is 0 Å². The van der Waals surface area contributed by atoms with Crippen LogP contribution in [0.3, 0.4) is 0 Å². The first kappa shape index (κ1) is 17.0. The van der Waals surface area contributed by atoms with Crippen molar-refractivity contribution in [3.8, 4) is 0 Å². The van der Waals surface area contributed by atoms with E-state index in [9.17, 15) is 0 Å². The van der Waals surface area contributed by atoms with Crippen molar-refractivity contribution in [1.82, 2.24) is 5.32 Å². The van der Waals surface area contributed by atoms with Gasteiger partial charge in [0.15, 0.2) is 0 Å². The van der Waals surface area contributed by atoms with Crippen molar-refractivity contribution in [3.05, 3.63) is 21.4 Å². The van der Waals surface area contributed by atoms with Crippen molar-refractivity contribution in [2.75, 3.05) is 13.1 Å². The SMILES string of the molecule is Cc1cc(C)c(CCC2(CCNCC(C)C)CCCC2)s1. The Morgan fingerprint density at radius 2 is 1.90 bits per heavy atom. The van der Waals surface area contributed by atoms with Crippen molar-refractivity contribution in [3.63, 3.8) is 0 Å². The van der Waals surface area contributed by atoms with Gasteiger partial charge in [0.1, 0.15) is 0 Å². The van der Waals surface area contributed by atoms with E-state index in [0.29, 0.717) is 5.41 Å². The highest BCUT2D eigenvalue weighted by Crippen LogP contribution is 2.45. The van der Waals surface area contributed by atoms with Crippen LogP contribution < -0.4 is 5.32 Å². The average Bonchev–Trinajstić information content (AvgIpc) is 3.00. The molecule has 0 spiro atoms.